The Balaban J connectivity index is 0. The maximum absolute atomic E-state index is 11.5. The first kappa shape index (κ1) is 46.2. The van der Waals surface area contributed by atoms with E-state index in [1.807, 2.05) is 52.0 Å². The maximum Gasteiger partial charge on any atom is 0.306 e. The van der Waals surface area contributed by atoms with Crippen LogP contribution in [0.4, 0.5) is 0 Å². The molecular formula is C38H66O8Si. The van der Waals surface area contributed by atoms with E-state index in [0.29, 0.717) is 25.0 Å². The molecule has 0 saturated carbocycles. The smallest absolute Gasteiger partial charge is 0.306 e. The Hall–Kier alpha value is -2.88. The van der Waals surface area contributed by atoms with Crippen molar-refractivity contribution in [3.63, 3.8) is 0 Å². The highest BCUT2D eigenvalue weighted by molar-refractivity contribution is 6.74. The van der Waals surface area contributed by atoms with E-state index in [1.54, 1.807) is 24.7 Å². The molecule has 1 N–H and O–H groups in total. The van der Waals surface area contributed by atoms with Crippen molar-refractivity contribution in [3.8, 4) is 0 Å². The number of carbonyl (C=O) groups excluding carboxylic acids is 2. The molecule has 2 aromatic rings. The first-order valence-corrected chi connectivity index (χ1v) is 19.1. The summed E-state index contributed by atoms with van der Waals surface area (Å²) >= 11 is 0. The summed E-state index contributed by atoms with van der Waals surface area (Å²) in [6.45, 7) is 18.7. The highest BCUT2D eigenvalue weighted by atomic mass is 28.4. The molecule has 8 nitrogen and oxygen atoms in total. The number of rotatable bonds is 18. The quantitative estimate of drug-likeness (QED) is 0.0718. The van der Waals surface area contributed by atoms with Crippen LogP contribution in [-0.2, 0) is 23.5 Å². The summed E-state index contributed by atoms with van der Waals surface area (Å²) in [4.78, 5) is 22.8. The molecule has 2 atom stereocenters. The Morgan fingerprint density at radius 3 is 1.64 bits per heavy atom. The van der Waals surface area contributed by atoms with Crippen molar-refractivity contribution in [2.75, 3.05) is 0 Å². The third-order valence-electron chi connectivity index (χ3n) is 7.26. The number of unbranched alkanes of at least 4 members (excludes halogenated alkanes) is 2. The molecule has 0 aliphatic carbocycles. The first-order chi connectivity index (χ1) is 21.1. The van der Waals surface area contributed by atoms with Crippen LogP contribution in [0.2, 0.25) is 18.1 Å². The fraction of sp³-hybridized carbons (Fsp3) is 0.632. The van der Waals surface area contributed by atoms with Gasteiger partial charge in [0.2, 0.25) is 0 Å². The van der Waals surface area contributed by atoms with Crippen LogP contribution in [-0.4, -0.2) is 37.6 Å². The highest BCUT2D eigenvalue weighted by Crippen LogP contribution is 2.40. The zero-order valence-electron chi connectivity index (χ0n) is 29.0. The van der Waals surface area contributed by atoms with Gasteiger partial charge in [0.15, 0.2) is 8.32 Å². The van der Waals surface area contributed by atoms with Crippen molar-refractivity contribution in [1.29, 1.82) is 0 Å². The number of hydrogen-bond acceptors (Lipinski definition) is 8. The van der Waals surface area contributed by atoms with Crippen molar-refractivity contribution < 1.29 is 37.4 Å². The molecule has 47 heavy (non-hydrogen) atoms. The fourth-order valence-corrected chi connectivity index (χ4v) is 5.16. The van der Waals surface area contributed by atoms with Crippen LogP contribution in [0.15, 0.2) is 69.9 Å². The van der Waals surface area contributed by atoms with E-state index in [9.17, 15) is 14.7 Å². The lowest BCUT2D eigenvalue weighted by Gasteiger charge is -2.38. The van der Waals surface area contributed by atoms with Crippen molar-refractivity contribution in [2.45, 2.75) is 157 Å². The Kier molecular flexibility index (Phi) is 23.9. The van der Waals surface area contributed by atoms with Gasteiger partial charge in [-0.05, 0) is 109 Å². The van der Waals surface area contributed by atoms with Crippen molar-refractivity contribution in [3.05, 3.63) is 72.6 Å². The molecule has 0 bridgehead atoms. The van der Waals surface area contributed by atoms with Crippen LogP contribution in [0.3, 0.4) is 0 Å². The van der Waals surface area contributed by atoms with Crippen LogP contribution >= 0.6 is 0 Å². The molecule has 0 amide bonds. The number of aliphatic hydroxyl groups excluding tert-OH is 1. The van der Waals surface area contributed by atoms with Crippen LogP contribution < -0.4 is 0 Å². The average molecular weight is 679 g/mol. The molecule has 0 saturated heterocycles. The van der Waals surface area contributed by atoms with E-state index >= 15 is 0 Å². The van der Waals surface area contributed by atoms with E-state index in [0.717, 1.165) is 37.9 Å². The van der Waals surface area contributed by atoms with Gasteiger partial charge in [0.1, 0.15) is 23.7 Å². The SMILES string of the molecule is C.C.CC(C)OC(=O)CCC/C=C\CC(O)c1ccco1.CC(C)OC(=O)CCC/C=C\CC(O[Si](C)(C)C(C)(C)C)c1ccco1. The molecule has 9 heteroatoms. The van der Waals surface area contributed by atoms with E-state index in [-0.39, 0.29) is 50.1 Å². The van der Waals surface area contributed by atoms with Gasteiger partial charge in [-0.3, -0.25) is 9.59 Å². The molecule has 2 aromatic heterocycles. The Morgan fingerprint density at radius 2 is 1.23 bits per heavy atom. The Labute approximate surface area is 287 Å². The second-order valence-corrected chi connectivity index (χ2v) is 17.9. The summed E-state index contributed by atoms with van der Waals surface area (Å²) in [7, 11) is -1.89. The van der Waals surface area contributed by atoms with E-state index in [2.05, 4.69) is 46.0 Å². The predicted octanol–water partition coefficient (Wildman–Crippen LogP) is 11.1. The van der Waals surface area contributed by atoms with Crippen LogP contribution in [0.1, 0.15) is 138 Å². The number of carbonyl (C=O) groups is 2. The minimum atomic E-state index is -1.89. The molecule has 0 fully saturated rings. The molecule has 0 aliphatic heterocycles. The summed E-state index contributed by atoms with van der Waals surface area (Å²) in [6.07, 6.45) is 16.0. The van der Waals surface area contributed by atoms with Gasteiger partial charge in [-0.1, -0.05) is 59.9 Å². The van der Waals surface area contributed by atoms with Gasteiger partial charge in [0.05, 0.1) is 24.7 Å². The number of ether oxygens (including phenoxy) is 2. The molecule has 2 unspecified atom stereocenters. The zero-order valence-corrected chi connectivity index (χ0v) is 30.0. The lowest BCUT2D eigenvalue weighted by atomic mass is 10.1. The van der Waals surface area contributed by atoms with Gasteiger partial charge in [0.25, 0.3) is 0 Å². The molecule has 0 radical (unpaired) electrons. The van der Waals surface area contributed by atoms with Gasteiger partial charge >= 0.3 is 11.9 Å². The van der Waals surface area contributed by atoms with Gasteiger partial charge in [0, 0.05) is 12.8 Å². The molecule has 270 valence electrons. The average Bonchev–Trinajstić information content (AvgIpc) is 3.66. The molecule has 2 heterocycles. The monoisotopic (exact) mass is 678 g/mol. The highest BCUT2D eigenvalue weighted by Gasteiger charge is 2.39. The summed E-state index contributed by atoms with van der Waals surface area (Å²) in [5, 5.41) is 9.89. The Morgan fingerprint density at radius 1 is 0.787 bits per heavy atom. The summed E-state index contributed by atoms with van der Waals surface area (Å²) < 4.78 is 27.4. The summed E-state index contributed by atoms with van der Waals surface area (Å²) in [6, 6.07) is 7.39. The minimum Gasteiger partial charge on any atom is -0.467 e. The van der Waals surface area contributed by atoms with Crippen molar-refractivity contribution in [1.82, 2.24) is 0 Å². The third-order valence-corrected chi connectivity index (χ3v) is 11.7. The molecular weight excluding hydrogens is 612 g/mol. The lowest BCUT2D eigenvalue weighted by Crippen LogP contribution is -2.41. The van der Waals surface area contributed by atoms with Gasteiger partial charge < -0.3 is 27.8 Å². The van der Waals surface area contributed by atoms with Crippen LogP contribution in [0.5, 0.6) is 0 Å². The lowest BCUT2D eigenvalue weighted by molar-refractivity contribution is -0.148. The number of hydrogen-bond donors (Lipinski definition) is 1. The number of allylic oxidation sites excluding steroid dienone is 2. The van der Waals surface area contributed by atoms with Gasteiger partial charge in [-0.25, -0.2) is 0 Å². The summed E-state index contributed by atoms with van der Waals surface area (Å²) in [5.74, 6) is 1.17. The maximum atomic E-state index is 11.5. The van der Waals surface area contributed by atoms with Gasteiger partial charge in [-0.2, -0.15) is 0 Å². The second-order valence-electron chi connectivity index (χ2n) is 13.2. The van der Waals surface area contributed by atoms with Crippen molar-refractivity contribution >= 4 is 20.3 Å². The molecule has 0 spiro atoms. The molecule has 2 rings (SSSR count). The predicted molar refractivity (Wildman–Crippen MR) is 195 cm³/mol. The number of furan rings is 2. The van der Waals surface area contributed by atoms with E-state index < -0.39 is 14.4 Å². The van der Waals surface area contributed by atoms with E-state index in [4.69, 9.17) is 22.7 Å². The number of esters is 2. The van der Waals surface area contributed by atoms with E-state index in [1.165, 1.54) is 0 Å². The Bertz CT molecular complexity index is 1110. The second kappa shape index (κ2) is 24.3. The topological polar surface area (TPSA) is 108 Å². The largest absolute Gasteiger partial charge is 0.467 e. The first-order valence-electron chi connectivity index (χ1n) is 16.2. The summed E-state index contributed by atoms with van der Waals surface area (Å²) in [5.41, 5.74) is 0. The molecule has 0 aromatic carbocycles. The van der Waals surface area contributed by atoms with Crippen molar-refractivity contribution in [2.24, 2.45) is 0 Å². The standard InChI is InChI=1S/C21H36O4Si.C15H22O4.2CH4/c1-17(2)24-20(22)15-11-9-8-10-13-19(18-14-12-16-23-18)25-26(6,7)21(3,4)5;1-12(2)19-15(17)10-6-4-3-5-8-13(16)14-9-7-11-18-14;;/h8,10,12,14,16-17,19H,9,11,13,15H2,1-7H3;3,5,7,9,11-13,16H,4,6,8,10H2,1-2H3;2*1H4/b10-8-;5-3-;;. The third kappa shape index (κ3) is 20.9. The van der Waals surface area contributed by atoms with Crippen LogP contribution in [0.25, 0.3) is 0 Å². The fourth-order valence-electron chi connectivity index (χ4n) is 3.88. The van der Waals surface area contributed by atoms with Crippen LogP contribution in [0, 0.1) is 0 Å². The van der Waals surface area contributed by atoms with Gasteiger partial charge in [-0.15, -0.1) is 0 Å². The number of aliphatic hydroxyl groups is 1. The normalized spacial score (nSPS) is 13.1. The molecule has 0 aliphatic rings. The zero-order chi connectivity index (χ0) is 33.9. The minimum absolute atomic E-state index is 0.